The average molecular weight is 233 g/mol. The van der Waals surface area contributed by atoms with E-state index in [2.05, 4.69) is 20.6 Å². The molecule has 17 heavy (non-hydrogen) atoms. The lowest BCUT2D eigenvalue weighted by Crippen LogP contribution is -2.28. The highest BCUT2D eigenvalue weighted by molar-refractivity contribution is 5.46. The predicted octanol–water partition coefficient (Wildman–Crippen LogP) is 0.937. The molecule has 2 aromatic heterocycles. The van der Waals surface area contributed by atoms with Crippen molar-refractivity contribution in [1.82, 2.24) is 25.2 Å². The van der Waals surface area contributed by atoms with Gasteiger partial charge in [0.1, 0.15) is 5.69 Å². The van der Waals surface area contributed by atoms with Gasteiger partial charge in [0.2, 0.25) is 11.7 Å². The molecular weight excluding hydrogens is 218 g/mol. The van der Waals surface area contributed by atoms with Crippen molar-refractivity contribution in [2.24, 2.45) is 7.05 Å². The molecule has 3 heterocycles. The van der Waals surface area contributed by atoms with Gasteiger partial charge in [0, 0.05) is 19.8 Å². The highest BCUT2D eigenvalue weighted by atomic mass is 16.5. The molecule has 6 nitrogen and oxygen atoms in total. The predicted molar refractivity (Wildman–Crippen MR) is 61.3 cm³/mol. The maximum atomic E-state index is 5.32. The summed E-state index contributed by atoms with van der Waals surface area (Å²) in [6, 6.07) is 1.88. The fourth-order valence-corrected chi connectivity index (χ4v) is 2.10. The van der Waals surface area contributed by atoms with Gasteiger partial charge < -0.3 is 9.84 Å². The first-order valence-corrected chi connectivity index (χ1v) is 5.87. The molecule has 2 aromatic rings. The van der Waals surface area contributed by atoms with Crippen molar-refractivity contribution in [3.63, 3.8) is 0 Å². The fraction of sp³-hybridized carbons (Fsp3) is 0.545. The second-order valence-electron chi connectivity index (χ2n) is 4.37. The van der Waals surface area contributed by atoms with Gasteiger partial charge in [-0.3, -0.25) is 4.68 Å². The Morgan fingerprint density at radius 1 is 1.53 bits per heavy atom. The fourth-order valence-electron chi connectivity index (χ4n) is 2.10. The summed E-state index contributed by atoms with van der Waals surface area (Å²) in [5, 5.41) is 11.6. The number of aromatic nitrogens is 4. The zero-order valence-electron chi connectivity index (χ0n) is 9.76. The molecule has 1 aliphatic heterocycles. The van der Waals surface area contributed by atoms with Crippen LogP contribution in [-0.2, 0) is 7.05 Å². The summed E-state index contributed by atoms with van der Waals surface area (Å²) in [5.74, 6) is 1.64. The Bertz CT molecular complexity index is 497. The van der Waals surface area contributed by atoms with Gasteiger partial charge in [-0.1, -0.05) is 5.16 Å². The van der Waals surface area contributed by atoms with Crippen LogP contribution in [0.2, 0.25) is 0 Å². The van der Waals surface area contributed by atoms with Crippen LogP contribution in [0.4, 0.5) is 0 Å². The van der Waals surface area contributed by atoms with Crippen molar-refractivity contribution < 1.29 is 4.52 Å². The van der Waals surface area contributed by atoms with E-state index in [1.165, 1.54) is 0 Å². The molecule has 1 saturated heterocycles. The zero-order valence-corrected chi connectivity index (χ0v) is 9.76. The van der Waals surface area contributed by atoms with Gasteiger partial charge in [-0.05, 0) is 25.5 Å². The number of aryl methyl sites for hydroxylation is 1. The molecule has 0 radical (unpaired) electrons. The van der Waals surface area contributed by atoms with E-state index in [9.17, 15) is 0 Å². The molecule has 1 unspecified atom stereocenters. The Morgan fingerprint density at radius 2 is 2.47 bits per heavy atom. The van der Waals surface area contributed by atoms with E-state index in [4.69, 9.17) is 4.52 Å². The van der Waals surface area contributed by atoms with Gasteiger partial charge >= 0.3 is 0 Å². The molecular formula is C11H15N5O. The zero-order chi connectivity index (χ0) is 11.7. The Hall–Kier alpha value is -1.69. The molecule has 1 N–H and O–H groups in total. The van der Waals surface area contributed by atoms with Crippen LogP contribution < -0.4 is 5.32 Å². The summed E-state index contributed by atoms with van der Waals surface area (Å²) in [7, 11) is 1.87. The van der Waals surface area contributed by atoms with E-state index < -0.39 is 0 Å². The summed E-state index contributed by atoms with van der Waals surface area (Å²) in [6.07, 6.45) is 4.14. The third kappa shape index (κ3) is 2.08. The lowest BCUT2D eigenvalue weighted by molar-refractivity contribution is 0.322. The minimum atomic E-state index is 0.341. The van der Waals surface area contributed by atoms with Crippen molar-refractivity contribution in [2.75, 3.05) is 13.1 Å². The smallest absolute Gasteiger partial charge is 0.231 e. The van der Waals surface area contributed by atoms with E-state index >= 15 is 0 Å². The van der Waals surface area contributed by atoms with Gasteiger partial charge in [-0.15, -0.1) is 0 Å². The van der Waals surface area contributed by atoms with E-state index in [1.807, 2.05) is 19.3 Å². The van der Waals surface area contributed by atoms with Gasteiger partial charge in [0.25, 0.3) is 0 Å². The average Bonchev–Trinajstić information content (AvgIpc) is 2.98. The van der Waals surface area contributed by atoms with Crippen LogP contribution in [-0.4, -0.2) is 33.0 Å². The van der Waals surface area contributed by atoms with E-state index in [0.717, 1.165) is 37.5 Å². The van der Waals surface area contributed by atoms with Crippen LogP contribution >= 0.6 is 0 Å². The molecule has 1 aliphatic rings. The number of piperidine rings is 1. The van der Waals surface area contributed by atoms with Gasteiger partial charge in [-0.2, -0.15) is 10.1 Å². The first-order chi connectivity index (χ1) is 8.33. The molecule has 0 spiro atoms. The van der Waals surface area contributed by atoms with Crippen LogP contribution in [0, 0.1) is 0 Å². The van der Waals surface area contributed by atoms with Crippen LogP contribution in [0.1, 0.15) is 24.7 Å². The Labute approximate surface area is 99.0 Å². The third-order valence-corrected chi connectivity index (χ3v) is 3.03. The first-order valence-electron chi connectivity index (χ1n) is 5.87. The van der Waals surface area contributed by atoms with Crippen LogP contribution in [0.3, 0.4) is 0 Å². The Morgan fingerprint density at radius 3 is 3.18 bits per heavy atom. The van der Waals surface area contributed by atoms with Gasteiger partial charge in [0.05, 0.1) is 5.92 Å². The summed E-state index contributed by atoms with van der Waals surface area (Å²) >= 11 is 0. The monoisotopic (exact) mass is 233 g/mol. The third-order valence-electron chi connectivity index (χ3n) is 3.03. The molecule has 6 heteroatoms. The van der Waals surface area contributed by atoms with Crippen LogP contribution in [0.5, 0.6) is 0 Å². The normalized spacial score (nSPS) is 20.6. The quantitative estimate of drug-likeness (QED) is 0.836. The molecule has 0 bridgehead atoms. The second-order valence-corrected chi connectivity index (χ2v) is 4.37. The van der Waals surface area contributed by atoms with Gasteiger partial charge in [0.15, 0.2) is 0 Å². The molecule has 1 atom stereocenters. The SMILES string of the molecule is Cn1ccc(-c2noc(C3CCCNC3)n2)n1. The van der Waals surface area contributed by atoms with Crippen LogP contribution in [0.25, 0.3) is 11.5 Å². The topological polar surface area (TPSA) is 68.8 Å². The van der Waals surface area contributed by atoms with Crippen molar-refractivity contribution in [3.05, 3.63) is 18.2 Å². The van der Waals surface area contributed by atoms with E-state index in [1.54, 1.807) is 4.68 Å². The van der Waals surface area contributed by atoms with Gasteiger partial charge in [-0.25, -0.2) is 0 Å². The molecule has 1 fully saturated rings. The first kappa shape index (κ1) is 10.5. The lowest BCUT2D eigenvalue weighted by Gasteiger charge is -2.18. The summed E-state index contributed by atoms with van der Waals surface area (Å²) < 4.78 is 7.05. The summed E-state index contributed by atoms with van der Waals surface area (Å²) in [6.45, 7) is 2.00. The number of hydrogen-bond acceptors (Lipinski definition) is 5. The molecule has 0 aromatic carbocycles. The maximum Gasteiger partial charge on any atom is 0.231 e. The number of hydrogen-bond donors (Lipinski definition) is 1. The van der Waals surface area contributed by atoms with Crippen molar-refractivity contribution >= 4 is 0 Å². The molecule has 3 rings (SSSR count). The van der Waals surface area contributed by atoms with Crippen molar-refractivity contribution in [3.8, 4) is 11.5 Å². The van der Waals surface area contributed by atoms with E-state index in [-0.39, 0.29) is 0 Å². The highest BCUT2D eigenvalue weighted by Crippen LogP contribution is 2.23. The Balaban J connectivity index is 1.82. The van der Waals surface area contributed by atoms with E-state index in [0.29, 0.717) is 11.7 Å². The highest BCUT2D eigenvalue weighted by Gasteiger charge is 2.22. The Kier molecular flexibility index (Phi) is 2.64. The molecule has 90 valence electrons. The van der Waals surface area contributed by atoms with Crippen molar-refractivity contribution in [1.29, 1.82) is 0 Å². The summed E-state index contributed by atoms with van der Waals surface area (Å²) in [4.78, 5) is 4.42. The molecule has 0 amide bonds. The second kappa shape index (κ2) is 4.29. The number of nitrogens with one attached hydrogen (secondary N) is 1. The number of rotatable bonds is 2. The maximum absolute atomic E-state index is 5.32. The minimum Gasteiger partial charge on any atom is -0.339 e. The number of nitrogens with zero attached hydrogens (tertiary/aromatic N) is 4. The minimum absolute atomic E-state index is 0.341. The summed E-state index contributed by atoms with van der Waals surface area (Å²) in [5.41, 5.74) is 0.756. The lowest BCUT2D eigenvalue weighted by atomic mass is 10.00. The standard InChI is InChI=1S/C11H15N5O/c1-16-6-4-9(14-16)10-13-11(17-15-10)8-3-2-5-12-7-8/h4,6,8,12H,2-3,5,7H2,1H3. The van der Waals surface area contributed by atoms with Crippen molar-refractivity contribution in [2.45, 2.75) is 18.8 Å². The van der Waals surface area contributed by atoms with Crippen LogP contribution in [0.15, 0.2) is 16.8 Å². The molecule has 0 aliphatic carbocycles. The molecule has 0 saturated carbocycles. The largest absolute Gasteiger partial charge is 0.339 e.